The Balaban J connectivity index is 2.21. The van der Waals surface area contributed by atoms with Crippen LogP contribution in [-0.4, -0.2) is 16.1 Å². The molecule has 1 N–H and O–H groups in total. The second-order valence-electron chi connectivity index (χ2n) is 3.77. The summed E-state index contributed by atoms with van der Waals surface area (Å²) in [6, 6.07) is 7.14. The van der Waals surface area contributed by atoms with E-state index < -0.39 is 11.9 Å². The van der Waals surface area contributed by atoms with Crippen LogP contribution < -0.4 is 4.74 Å². The molecule has 18 heavy (non-hydrogen) atoms. The van der Waals surface area contributed by atoms with Crippen LogP contribution in [0.4, 0.5) is 0 Å². The van der Waals surface area contributed by atoms with Crippen LogP contribution in [0.15, 0.2) is 35.8 Å². The Kier molecular flexibility index (Phi) is 3.94. The topological polar surface area (TPSA) is 59.4 Å². The molecule has 2 rings (SSSR count). The molecule has 1 aromatic heterocycles. The van der Waals surface area contributed by atoms with Crippen LogP contribution in [0.3, 0.4) is 0 Å². The van der Waals surface area contributed by atoms with Crippen LogP contribution in [0.2, 0.25) is 0 Å². The maximum Gasteiger partial charge on any atom is 0.310 e. The molecule has 1 aromatic carbocycles. The van der Waals surface area contributed by atoms with Crippen LogP contribution in [0.25, 0.3) is 0 Å². The summed E-state index contributed by atoms with van der Waals surface area (Å²) in [4.78, 5) is 15.1. The van der Waals surface area contributed by atoms with Crippen LogP contribution in [0, 0.1) is 0 Å². The molecular formula is C13H13NO3S. The molecule has 0 aliphatic carbocycles. The number of rotatable bonds is 5. The SMILES string of the molecule is CCC(C(=O)O)c1cccc(Oc2nccs2)c1. The summed E-state index contributed by atoms with van der Waals surface area (Å²) < 4.78 is 5.55. The molecule has 1 atom stereocenters. The first kappa shape index (κ1) is 12.6. The minimum Gasteiger partial charge on any atom is -0.481 e. The minimum atomic E-state index is -0.816. The molecule has 0 fully saturated rings. The molecule has 0 bridgehead atoms. The molecule has 1 heterocycles. The number of hydrogen-bond acceptors (Lipinski definition) is 4. The number of hydrogen-bond donors (Lipinski definition) is 1. The minimum absolute atomic E-state index is 0.496. The van der Waals surface area contributed by atoms with Crippen molar-refractivity contribution in [2.45, 2.75) is 19.3 Å². The number of aromatic nitrogens is 1. The van der Waals surface area contributed by atoms with E-state index in [9.17, 15) is 4.79 Å². The zero-order chi connectivity index (χ0) is 13.0. The van der Waals surface area contributed by atoms with Crippen LogP contribution >= 0.6 is 11.3 Å². The average molecular weight is 263 g/mol. The number of thiazole rings is 1. The highest BCUT2D eigenvalue weighted by atomic mass is 32.1. The van der Waals surface area contributed by atoms with Gasteiger partial charge in [0.15, 0.2) is 0 Å². The van der Waals surface area contributed by atoms with Gasteiger partial charge in [0.05, 0.1) is 5.92 Å². The van der Waals surface area contributed by atoms with E-state index in [1.54, 1.807) is 30.5 Å². The van der Waals surface area contributed by atoms with Gasteiger partial charge in [-0.1, -0.05) is 30.4 Å². The summed E-state index contributed by atoms with van der Waals surface area (Å²) in [6.45, 7) is 1.85. The van der Waals surface area contributed by atoms with Crippen LogP contribution in [0.1, 0.15) is 24.8 Å². The number of carboxylic acid groups (broad SMARTS) is 1. The fraction of sp³-hybridized carbons (Fsp3) is 0.231. The summed E-state index contributed by atoms with van der Waals surface area (Å²) >= 11 is 1.39. The number of benzene rings is 1. The summed E-state index contributed by atoms with van der Waals surface area (Å²) in [5.74, 6) is -0.698. The van der Waals surface area contributed by atoms with Gasteiger partial charge in [-0.05, 0) is 24.1 Å². The van der Waals surface area contributed by atoms with Gasteiger partial charge in [0.1, 0.15) is 5.75 Å². The van der Waals surface area contributed by atoms with Crippen molar-refractivity contribution >= 4 is 17.3 Å². The summed E-state index contributed by atoms with van der Waals surface area (Å²) in [7, 11) is 0. The maximum atomic E-state index is 11.1. The van der Waals surface area contributed by atoms with E-state index in [1.165, 1.54) is 11.3 Å². The molecule has 5 heteroatoms. The molecule has 0 saturated carbocycles. The van der Waals surface area contributed by atoms with Crippen molar-refractivity contribution in [3.63, 3.8) is 0 Å². The third kappa shape index (κ3) is 2.87. The molecule has 0 radical (unpaired) electrons. The van der Waals surface area contributed by atoms with E-state index in [-0.39, 0.29) is 0 Å². The van der Waals surface area contributed by atoms with Crippen molar-refractivity contribution in [3.8, 4) is 10.9 Å². The highest BCUT2D eigenvalue weighted by Gasteiger charge is 2.17. The van der Waals surface area contributed by atoms with Crippen LogP contribution in [0.5, 0.6) is 10.9 Å². The number of carbonyl (C=O) groups is 1. The van der Waals surface area contributed by atoms with Gasteiger partial charge >= 0.3 is 5.97 Å². The Hall–Kier alpha value is -1.88. The van der Waals surface area contributed by atoms with E-state index >= 15 is 0 Å². The van der Waals surface area contributed by atoms with E-state index in [0.29, 0.717) is 17.4 Å². The number of carboxylic acids is 1. The van der Waals surface area contributed by atoms with Gasteiger partial charge < -0.3 is 9.84 Å². The summed E-state index contributed by atoms with van der Waals surface area (Å²) in [5, 5.41) is 11.5. The van der Waals surface area contributed by atoms with Gasteiger partial charge in [-0.25, -0.2) is 4.98 Å². The molecule has 0 aliphatic heterocycles. The highest BCUT2D eigenvalue weighted by Crippen LogP contribution is 2.27. The summed E-state index contributed by atoms with van der Waals surface area (Å²) in [5.41, 5.74) is 0.749. The monoisotopic (exact) mass is 263 g/mol. The van der Waals surface area contributed by atoms with E-state index in [4.69, 9.17) is 9.84 Å². The van der Waals surface area contributed by atoms with Gasteiger partial charge in [0, 0.05) is 11.6 Å². The van der Waals surface area contributed by atoms with Crippen molar-refractivity contribution in [1.82, 2.24) is 4.98 Å². The average Bonchev–Trinajstić information content (AvgIpc) is 2.83. The van der Waals surface area contributed by atoms with Gasteiger partial charge in [-0.2, -0.15) is 0 Å². The third-order valence-corrected chi connectivity index (χ3v) is 3.23. The first-order chi connectivity index (χ1) is 8.70. The molecule has 0 spiro atoms. The molecule has 94 valence electrons. The Labute approximate surface area is 109 Å². The fourth-order valence-electron chi connectivity index (χ4n) is 1.71. The molecule has 0 amide bonds. The molecular weight excluding hydrogens is 250 g/mol. The number of aliphatic carboxylic acids is 1. The third-order valence-electron chi connectivity index (χ3n) is 2.58. The molecule has 2 aromatic rings. The van der Waals surface area contributed by atoms with Crippen molar-refractivity contribution in [1.29, 1.82) is 0 Å². The largest absolute Gasteiger partial charge is 0.481 e. The number of nitrogens with zero attached hydrogens (tertiary/aromatic N) is 1. The predicted molar refractivity (Wildman–Crippen MR) is 69.3 cm³/mol. The first-order valence-electron chi connectivity index (χ1n) is 5.61. The first-order valence-corrected chi connectivity index (χ1v) is 6.48. The summed E-state index contributed by atoms with van der Waals surface area (Å²) in [6.07, 6.45) is 2.21. The lowest BCUT2D eigenvalue weighted by molar-refractivity contribution is -0.138. The van der Waals surface area contributed by atoms with Gasteiger partial charge in [0.2, 0.25) is 0 Å². The van der Waals surface area contributed by atoms with E-state index in [0.717, 1.165) is 5.56 Å². The molecule has 0 saturated heterocycles. The quantitative estimate of drug-likeness (QED) is 0.896. The van der Waals surface area contributed by atoms with Gasteiger partial charge in [-0.15, -0.1) is 0 Å². The Bertz CT molecular complexity index is 525. The van der Waals surface area contributed by atoms with Crippen molar-refractivity contribution in [2.24, 2.45) is 0 Å². The lowest BCUT2D eigenvalue weighted by Gasteiger charge is -2.11. The normalized spacial score (nSPS) is 12.1. The smallest absolute Gasteiger partial charge is 0.310 e. The predicted octanol–water partition coefficient (Wildman–Crippen LogP) is 3.51. The van der Waals surface area contributed by atoms with Crippen molar-refractivity contribution in [3.05, 3.63) is 41.4 Å². The zero-order valence-corrected chi connectivity index (χ0v) is 10.7. The van der Waals surface area contributed by atoms with Crippen LogP contribution in [-0.2, 0) is 4.79 Å². The number of ether oxygens (including phenoxy) is 1. The van der Waals surface area contributed by atoms with E-state index in [1.807, 2.05) is 12.3 Å². The van der Waals surface area contributed by atoms with Gasteiger partial charge in [-0.3, -0.25) is 4.79 Å². The van der Waals surface area contributed by atoms with Gasteiger partial charge in [0.25, 0.3) is 5.19 Å². The zero-order valence-electron chi connectivity index (χ0n) is 9.87. The molecule has 4 nitrogen and oxygen atoms in total. The standard InChI is InChI=1S/C13H13NO3S/c1-2-11(12(15)16)9-4-3-5-10(8-9)17-13-14-6-7-18-13/h3-8,11H,2H2,1H3,(H,15,16). The Morgan fingerprint density at radius 2 is 2.39 bits per heavy atom. The van der Waals surface area contributed by atoms with E-state index in [2.05, 4.69) is 4.98 Å². The lowest BCUT2D eigenvalue weighted by Crippen LogP contribution is -2.10. The molecule has 1 unspecified atom stereocenters. The fourth-order valence-corrected chi connectivity index (χ4v) is 2.21. The highest BCUT2D eigenvalue weighted by molar-refractivity contribution is 7.11. The second kappa shape index (κ2) is 5.64. The Morgan fingerprint density at radius 3 is 3.00 bits per heavy atom. The molecule has 0 aliphatic rings. The lowest BCUT2D eigenvalue weighted by atomic mass is 9.97. The Morgan fingerprint density at radius 1 is 1.56 bits per heavy atom. The van der Waals surface area contributed by atoms with Crippen molar-refractivity contribution in [2.75, 3.05) is 0 Å². The van der Waals surface area contributed by atoms with Crippen molar-refractivity contribution < 1.29 is 14.6 Å². The second-order valence-corrected chi connectivity index (χ2v) is 4.63. The maximum absolute atomic E-state index is 11.1.